The summed E-state index contributed by atoms with van der Waals surface area (Å²) in [6.07, 6.45) is 93.8. The molecule has 0 aliphatic rings. The molecule has 5 unspecified atom stereocenters. The molecular formula is C83H136O16P2. The van der Waals surface area contributed by atoms with Gasteiger partial charge in [0.2, 0.25) is 0 Å². The van der Waals surface area contributed by atoms with E-state index in [-0.39, 0.29) is 19.3 Å². The van der Waals surface area contributed by atoms with Gasteiger partial charge in [0.05, 0.1) is 26.4 Å². The molecule has 0 aliphatic carbocycles. The van der Waals surface area contributed by atoms with Gasteiger partial charge in [-0.05, 0) is 154 Å². The number of unbranched alkanes of at least 4 members (excludes halogenated alkanes) is 20. The van der Waals surface area contributed by atoms with Crippen molar-refractivity contribution in [2.45, 2.75) is 296 Å². The average molecular weight is 1450 g/mol. The van der Waals surface area contributed by atoms with Crippen molar-refractivity contribution in [2.24, 2.45) is 0 Å². The Kier molecular flexibility index (Phi) is 70.9. The SMILES string of the molecule is CC/C=C\C/C=C\C/C=C\C/C=C\C/C=C\CCCCCCCCCC(=O)OCC(O)COP(=O)(O)OCC(O)COP(=O)(O)OCC(COC(=O)CCCCCCC/C=C\C/C=C\C/C=C\C/C=C\C/C=C\CC)OC(=O)CCCCCCC/C=C\C/C=C\C/C=C\C/C=C\CCCCC. The molecule has 0 heterocycles. The predicted octanol–water partition coefficient (Wildman–Crippen LogP) is 22.4. The minimum atomic E-state index is -4.95. The number of esters is 3. The second-order valence-corrected chi connectivity index (χ2v) is 27.9. The minimum absolute atomic E-state index is 0.0720. The van der Waals surface area contributed by atoms with Crippen LogP contribution in [0.15, 0.2) is 170 Å². The zero-order valence-corrected chi connectivity index (χ0v) is 64.3. The third-order valence-electron chi connectivity index (χ3n) is 15.4. The molecule has 0 spiro atoms. The van der Waals surface area contributed by atoms with E-state index in [1.165, 1.54) is 19.3 Å². The lowest BCUT2D eigenvalue weighted by molar-refractivity contribution is -0.161. The lowest BCUT2D eigenvalue weighted by Gasteiger charge is -2.21. The van der Waals surface area contributed by atoms with Crippen molar-refractivity contribution in [3.05, 3.63) is 170 Å². The predicted molar refractivity (Wildman–Crippen MR) is 417 cm³/mol. The highest BCUT2D eigenvalue weighted by molar-refractivity contribution is 7.47. The van der Waals surface area contributed by atoms with E-state index in [1.54, 1.807) is 0 Å². The fraction of sp³-hybridized carbons (Fsp3) is 0.627. The largest absolute Gasteiger partial charge is 0.472 e. The zero-order chi connectivity index (χ0) is 73.7. The molecule has 101 heavy (non-hydrogen) atoms. The first-order valence-corrected chi connectivity index (χ1v) is 41.4. The maximum Gasteiger partial charge on any atom is 0.472 e. The van der Waals surface area contributed by atoms with Crippen LogP contribution in [0.4, 0.5) is 0 Å². The smallest absolute Gasteiger partial charge is 0.463 e. The van der Waals surface area contributed by atoms with Gasteiger partial charge >= 0.3 is 33.6 Å². The van der Waals surface area contributed by atoms with Gasteiger partial charge in [-0.15, -0.1) is 0 Å². The molecule has 4 N–H and O–H groups in total. The highest BCUT2D eigenvalue weighted by Gasteiger charge is 2.29. The Bertz CT molecular complexity index is 2520. The van der Waals surface area contributed by atoms with Crippen molar-refractivity contribution in [1.82, 2.24) is 0 Å². The fourth-order valence-electron chi connectivity index (χ4n) is 9.61. The summed E-state index contributed by atoms with van der Waals surface area (Å²) in [4.78, 5) is 58.7. The average Bonchev–Trinajstić information content (AvgIpc) is 0.951. The van der Waals surface area contributed by atoms with Crippen molar-refractivity contribution in [3.8, 4) is 0 Å². The molecule has 0 rings (SSSR count). The highest BCUT2D eigenvalue weighted by atomic mass is 31.2. The van der Waals surface area contributed by atoms with Crippen LogP contribution < -0.4 is 0 Å². The van der Waals surface area contributed by atoms with Crippen molar-refractivity contribution < 1.29 is 75.8 Å². The quantitative estimate of drug-likeness (QED) is 0.0146. The maximum absolute atomic E-state index is 13.0. The van der Waals surface area contributed by atoms with Crippen LogP contribution in [0.3, 0.4) is 0 Å². The molecule has 0 aromatic rings. The zero-order valence-electron chi connectivity index (χ0n) is 62.5. The lowest BCUT2D eigenvalue weighted by Crippen LogP contribution is -2.30. The first kappa shape index (κ1) is 95.9. The van der Waals surface area contributed by atoms with Gasteiger partial charge in [-0.2, -0.15) is 0 Å². The van der Waals surface area contributed by atoms with Crippen LogP contribution in [-0.2, 0) is 55.8 Å². The molecule has 0 radical (unpaired) electrons. The van der Waals surface area contributed by atoms with Crippen LogP contribution in [0.2, 0.25) is 0 Å². The van der Waals surface area contributed by atoms with Gasteiger partial charge in [0.15, 0.2) is 6.10 Å². The maximum atomic E-state index is 13.0. The molecule has 0 amide bonds. The Balaban J connectivity index is 4.77. The fourth-order valence-corrected chi connectivity index (χ4v) is 11.2. The molecule has 5 atom stereocenters. The van der Waals surface area contributed by atoms with Gasteiger partial charge in [0.25, 0.3) is 0 Å². The normalized spacial score (nSPS) is 15.0. The molecule has 0 saturated carbocycles. The van der Waals surface area contributed by atoms with Gasteiger partial charge in [-0.25, -0.2) is 9.13 Å². The van der Waals surface area contributed by atoms with Gasteiger partial charge in [-0.1, -0.05) is 274 Å². The number of ether oxygens (including phenoxy) is 3. The molecule has 0 aromatic carbocycles. The Hall–Kier alpha value is -5.09. The summed E-state index contributed by atoms with van der Waals surface area (Å²) in [5, 5.41) is 20.6. The molecule has 16 nitrogen and oxygen atoms in total. The Morgan fingerprint density at radius 3 is 0.832 bits per heavy atom. The molecule has 0 aromatic heterocycles. The summed E-state index contributed by atoms with van der Waals surface area (Å²) in [5.74, 6) is -1.64. The lowest BCUT2D eigenvalue weighted by atomic mass is 10.1. The number of rotatable bonds is 71. The highest BCUT2D eigenvalue weighted by Crippen LogP contribution is 2.45. The number of hydrogen-bond acceptors (Lipinski definition) is 14. The van der Waals surface area contributed by atoms with E-state index in [4.69, 9.17) is 32.3 Å². The van der Waals surface area contributed by atoms with Gasteiger partial charge < -0.3 is 34.2 Å². The van der Waals surface area contributed by atoms with E-state index in [0.717, 1.165) is 199 Å². The number of carbonyl (C=O) groups is 3. The minimum Gasteiger partial charge on any atom is -0.463 e. The van der Waals surface area contributed by atoms with Crippen LogP contribution in [-0.4, -0.2) is 95.9 Å². The number of phosphoric ester groups is 2. The van der Waals surface area contributed by atoms with Gasteiger partial charge in [-0.3, -0.25) is 32.5 Å². The van der Waals surface area contributed by atoms with Crippen molar-refractivity contribution in [1.29, 1.82) is 0 Å². The van der Waals surface area contributed by atoms with E-state index >= 15 is 0 Å². The van der Waals surface area contributed by atoms with Crippen molar-refractivity contribution in [2.75, 3.05) is 39.6 Å². The van der Waals surface area contributed by atoms with Gasteiger partial charge in [0.1, 0.15) is 25.4 Å². The van der Waals surface area contributed by atoms with E-state index in [9.17, 15) is 43.5 Å². The summed E-state index contributed by atoms with van der Waals surface area (Å²) >= 11 is 0. The standard InChI is InChI=1S/C83H136O16P2/c1-4-7-10-13-16-19-22-25-28-31-34-37-38-41-43-45-48-51-54-57-60-63-66-69-81(86)93-72-78(84)73-95-100(89,90)96-74-79(85)75-97-101(91,92)98-77-80(99-83(88)71-68-65-62-59-56-53-50-47-44-40-36-33-30-27-24-21-18-15-12-9-6-3)76-94-82(87)70-67-64-61-58-55-52-49-46-42-39-35-32-29-26-23-20-17-14-11-8-5-2/h7-8,10-11,16-21,25-30,34-37,39-41,43,46-47,49-50,78-80,84-85H,4-6,9,12-15,22-24,31-33,38,42,44-45,48,51-77H2,1-3H3,(H,89,90)(H,91,92)/b10-7-,11-8-,19-16-,20-17-,21-18-,28-25-,29-26-,30-27-,37-34-,39-35-,40-36-,43-41-,49-46-,50-47-. The monoisotopic (exact) mass is 1450 g/mol. The number of aliphatic hydroxyl groups excluding tert-OH is 2. The molecule has 18 heteroatoms. The number of aliphatic hydroxyl groups is 2. The van der Waals surface area contributed by atoms with Crippen LogP contribution in [0, 0.1) is 0 Å². The molecule has 0 fully saturated rings. The first-order valence-electron chi connectivity index (χ1n) is 38.4. The first-order chi connectivity index (χ1) is 49.2. The number of phosphoric acid groups is 2. The van der Waals surface area contributed by atoms with Crippen LogP contribution in [0.1, 0.15) is 278 Å². The molecule has 0 aliphatic heterocycles. The summed E-state index contributed by atoms with van der Waals surface area (Å²) in [5.41, 5.74) is 0. The third kappa shape index (κ3) is 75.9. The van der Waals surface area contributed by atoms with E-state index in [2.05, 4.69) is 191 Å². The Labute approximate surface area is 612 Å². The molecule has 0 saturated heterocycles. The van der Waals surface area contributed by atoms with E-state index < -0.39 is 91.5 Å². The summed E-state index contributed by atoms with van der Waals surface area (Å²) in [6, 6.07) is 0. The topological polar surface area (TPSA) is 231 Å². The summed E-state index contributed by atoms with van der Waals surface area (Å²) in [6.45, 7) is 2.35. The number of hydrogen-bond donors (Lipinski definition) is 4. The van der Waals surface area contributed by atoms with Crippen LogP contribution >= 0.6 is 15.6 Å². The van der Waals surface area contributed by atoms with Crippen molar-refractivity contribution in [3.63, 3.8) is 0 Å². The molecule has 574 valence electrons. The second-order valence-electron chi connectivity index (χ2n) is 25.0. The van der Waals surface area contributed by atoms with Crippen LogP contribution in [0.5, 0.6) is 0 Å². The van der Waals surface area contributed by atoms with Gasteiger partial charge in [0, 0.05) is 19.3 Å². The third-order valence-corrected chi connectivity index (χ3v) is 17.3. The summed E-state index contributed by atoms with van der Waals surface area (Å²) < 4.78 is 61.1. The Morgan fingerprint density at radius 2 is 0.525 bits per heavy atom. The second kappa shape index (κ2) is 74.6. The number of carbonyl (C=O) groups excluding carboxylic acids is 3. The van der Waals surface area contributed by atoms with Crippen molar-refractivity contribution >= 4 is 33.6 Å². The molecule has 0 bridgehead atoms. The van der Waals surface area contributed by atoms with E-state index in [1.807, 2.05) is 0 Å². The Morgan fingerprint density at radius 1 is 0.287 bits per heavy atom. The van der Waals surface area contributed by atoms with E-state index in [0.29, 0.717) is 19.3 Å². The number of allylic oxidation sites excluding steroid dienone is 28. The summed E-state index contributed by atoms with van der Waals surface area (Å²) in [7, 11) is -9.82. The molecular weight excluding hydrogens is 1310 g/mol. The van der Waals surface area contributed by atoms with Crippen LogP contribution in [0.25, 0.3) is 0 Å².